The van der Waals surface area contributed by atoms with E-state index in [0.717, 1.165) is 33.8 Å². The minimum atomic E-state index is 0.770. The molecule has 0 saturated carbocycles. The highest BCUT2D eigenvalue weighted by molar-refractivity contribution is 9.10. The molecular formula is C13H12BrClN2. The molecular weight excluding hydrogens is 300 g/mol. The smallest absolute Gasteiger partial charge is 0.136 e. The lowest BCUT2D eigenvalue weighted by molar-refractivity contribution is 0.671. The van der Waals surface area contributed by atoms with Gasteiger partial charge in [0.1, 0.15) is 5.15 Å². The molecule has 1 aliphatic rings. The third-order valence-electron chi connectivity index (χ3n) is 3.18. The van der Waals surface area contributed by atoms with Crippen molar-refractivity contribution in [2.24, 2.45) is 0 Å². The van der Waals surface area contributed by atoms with Gasteiger partial charge in [0.15, 0.2) is 0 Å². The molecule has 0 aliphatic heterocycles. The van der Waals surface area contributed by atoms with Crippen LogP contribution in [0.25, 0.3) is 5.69 Å². The Labute approximate surface area is 114 Å². The first-order valence-corrected chi connectivity index (χ1v) is 6.95. The zero-order chi connectivity index (χ0) is 11.8. The van der Waals surface area contributed by atoms with Gasteiger partial charge >= 0.3 is 0 Å². The number of aryl methyl sites for hydroxylation is 1. The van der Waals surface area contributed by atoms with E-state index in [2.05, 4.69) is 21.0 Å². The molecule has 3 rings (SSSR count). The summed E-state index contributed by atoms with van der Waals surface area (Å²) in [6.07, 6.45) is 4.54. The van der Waals surface area contributed by atoms with E-state index < -0.39 is 0 Å². The number of para-hydroxylation sites is 1. The Morgan fingerprint density at radius 3 is 2.71 bits per heavy atom. The van der Waals surface area contributed by atoms with Crippen LogP contribution in [0.3, 0.4) is 0 Å². The van der Waals surface area contributed by atoms with Crippen molar-refractivity contribution in [1.82, 2.24) is 9.78 Å². The fourth-order valence-corrected chi connectivity index (χ4v) is 3.08. The number of halogens is 2. The van der Waals surface area contributed by atoms with Crippen LogP contribution in [0.2, 0.25) is 5.15 Å². The second kappa shape index (κ2) is 4.46. The van der Waals surface area contributed by atoms with Crippen molar-refractivity contribution in [2.75, 3.05) is 0 Å². The van der Waals surface area contributed by atoms with Gasteiger partial charge in [-0.15, -0.1) is 0 Å². The fraction of sp³-hybridized carbons (Fsp3) is 0.308. The predicted octanol–water partition coefficient (Wildman–Crippen LogP) is 4.17. The molecule has 0 atom stereocenters. The highest BCUT2D eigenvalue weighted by atomic mass is 79.9. The molecule has 0 saturated heterocycles. The molecule has 0 bridgehead atoms. The minimum absolute atomic E-state index is 0.770. The molecule has 2 aromatic rings. The lowest BCUT2D eigenvalue weighted by Crippen LogP contribution is -2.00. The van der Waals surface area contributed by atoms with E-state index >= 15 is 0 Å². The normalized spacial score (nSPS) is 14.7. The van der Waals surface area contributed by atoms with Crippen molar-refractivity contribution in [3.05, 3.63) is 45.1 Å². The number of aromatic nitrogens is 2. The van der Waals surface area contributed by atoms with E-state index in [1.165, 1.54) is 18.4 Å². The molecule has 1 aromatic carbocycles. The second-order valence-corrected chi connectivity index (χ2v) is 5.50. The molecule has 0 spiro atoms. The van der Waals surface area contributed by atoms with Gasteiger partial charge in [-0.05, 0) is 53.7 Å². The van der Waals surface area contributed by atoms with Gasteiger partial charge in [0, 0.05) is 10.0 Å². The number of benzene rings is 1. The molecule has 88 valence electrons. The van der Waals surface area contributed by atoms with Gasteiger partial charge in [-0.2, -0.15) is 5.10 Å². The Kier molecular flexibility index (Phi) is 2.97. The maximum Gasteiger partial charge on any atom is 0.136 e. The molecule has 1 aromatic heterocycles. The summed E-state index contributed by atoms with van der Waals surface area (Å²) in [5, 5.41) is 5.41. The monoisotopic (exact) mass is 310 g/mol. The number of fused-ring (bicyclic) bond motifs is 1. The average Bonchev–Trinajstić information content (AvgIpc) is 2.68. The summed E-state index contributed by atoms with van der Waals surface area (Å²) in [6, 6.07) is 8.02. The lowest BCUT2D eigenvalue weighted by Gasteiger charge is -2.08. The molecule has 0 radical (unpaired) electrons. The van der Waals surface area contributed by atoms with Crippen LogP contribution in [0.4, 0.5) is 0 Å². The minimum Gasteiger partial charge on any atom is -0.221 e. The Hall–Kier alpha value is -0.800. The quantitative estimate of drug-likeness (QED) is 0.773. The van der Waals surface area contributed by atoms with Crippen molar-refractivity contribution in [3.63, 3.8) is 0 Å². The van der Waals surface area contributed by atoms with Crippen LogP contribution in [-0.4, -0.2) is 9.78 Å². The van der Waals surface area contributed by atoms with Gasteiger partial charge < -0.3 is 0 Å². The Morgan fingerprint density at radius 1 is 1.18 bits per heavy atom. The maximum atomic E-state index is 6.43. The zero-order valence-electron chi connectivity index (χ0n) is 9.29. The van der Waals surface area contributed by atoms with Crippen molar-refractivity contribution < 1.29 is 0 Å². The van der Waals surface area contributed by atoms with Crippen molar-refractivity contribution >= 4 is 27.5 Å². The molecule has 4 heteroatoms. The van der Waals surface area contributed by atoms with E-state index in [1.807, 2.05) is 28.9 Å². The summed E-state index contributed by atoms with van der Waals surface area (Å²) in [7, 11) is 0. The summed E-state index contributed by atoms with van der Waals surface area (Å²) < 4.78 is 2.86. The van der Waals surface area contributed by atoms with E-state index in [4.69, 9.17) is 11.6 Å². The van der Waals surface area contributed by atoms with Crippen LogP contribution < -0.4 is 0 Å². The van der Waals surface area contributed by atoms with Crippen LogP contribution >= 0.6 is 27.5 Å². The number of rotatable bonds is 1. The summed E-state index contributed by atoms with van der Waals surface area (Å²) in [6.45, 7) is 0. The molecule has 2 nitrogen and oxygen atoms in total. The predicted molar refractivity (Wildman–Crippen MR) is 72.9 cm³/mol. The van der Waals surface area contributed by atoms with E-state index in [1.54, 1.807) is 0 Å². The van der Waals surface area contributed by atoms with Crippen LogP contribution in [-0.2, 0) is 12.8 Å². The van der Waals surface area contributed by atoms with Crippen LogP contribution in [0.15, 0.2) is 28.7 Å². The zero-order valence-corrected chi connectivity index (χ0v) is 11.6. The van der Waals surface area contributed by atoms with Crippen molar-refractivity contribution in [2.45, 2.75) is 25.7 Å². The first-order chi connectivity index (χ1) is 8.27. The molecule has 1 aliphatic carbocycles. The van der Waals surface area contributed by atoms with Crippen LogP contribution in [0.5, 0.6) is 0 Å². The van der Waals surface area contributed by atoms with Crippen LogP contribution in [0.1, 0.15) is 24.1 Å². The second-order valence-electron chi connectivity index (χ2n) is 4.29. The highest BCUT2D eigenvalue weighted by Gasteiger charge is 2.20. The van der Waals surface area contributed by atoms with Gasteiger partial charge in [-0.1, -0.05) is 23.7 Å². The van der Waals surface area contributed by atoms with Crippen LogP contribution in [0, 0.1) is 0 Å². The largest absolute Gasteiger partial charge is 0.221 e. The molecule has 17 heavy (non-hydrogen) atoms. The molecule has 0 amide bonds. The van der Waals surface area contributed by atoms with E-state index in [-0.39, 0.29) is 0 Å². The topological polar surface area (TPSA) is 17.8 Å². The van der Waals surface area contributed by atoms with Crippen molar-refractivity contribution in [3.8, 4) is 5.69 Å². The Bertz CT molecular complexity index is 563. The summed E-state index contributed by atoms with van der Waals surface area (Å²) >= 11 is 9.97. The Balaban J connectivity index is 2.16. The third-order valence-corrected chi connectivity index (χ3v) is 4.23. The van der Waals surface area contributed by atoms with Gasteiger partial charge in [0.05, 0.1) is 11.4 Å². The van der Waals surface area contributed by atoms with Gasteiger partial charge in [-0.25, -0.2) is 4.68 Å². The summed E-state index contributed by atoms with van der Waals surface area (Å²) in [5.41, 5.74) is 3.40. The maximum absolute atomic E-state index is 6.43. The lowest BCUT2D eigenvalue weighted by atomic mass is 9.99. The number of hydrogen-bond acceptors (Lipinski definition) is 1. The van der Waals surface area contributed by atoms with Crippen molar-refractivity contribution in [1.29, 1.82) is 0 Å². The van der Waals surface area contributed by atoms with E-state index in [9.17, 15) is 0 Å². The summed E-state index contributed by atoms with van der Waals surface area (Å²) in [4.78, 5) is 0. The molecule has 0 unspecified atom stereocenters. The Morgan fingerprint density at radius 2 is 1.94 bits per heavy atom. The first-order valence-electron chi connectivity index (χ1n) is 5.78. The number of hydrogen-bond donors (Lipinski definition) is 0. The third kappa shape index (κ3) is 1.91. The molecule has 0 fully saturated rings. The van der Waals surface area contributed by atoms with Gasteiger partial charge in [-0.3, -0.25) is 0 Å². The summed E-state index contributed by atoms with van der Waals surface area (Å²) in [5.74, 6) is 0. The SMILES string of the molecule is Clc1c2c(nn1-c1ccccc1Br)CCCC2. The van der Waals surface area contributed by atoms with Gasteiger partial charge in [0.2, 0.25) is 0 Å². The first kappa shape index (κ1) is 11.3. The highest BCUT2D eigenvalue weighted by Crippen LogP contribution is 2.31. The average molecular weight is 312 g/mol. The molecule has 1 heterocycles. The fourth-order valence-electron chi connectivity index (χ4n) is 2.30. The van der Waals surface area contributed by atoms with E-state index in [0.29, 0.717) is 0 Å². The standard InChI is InChI=1S/C13H12BrClN2/c14-10-6-2-4-8-12(10)17-13(15)9-5-1-3-7-11(9)16-17/h2,4,6,8H,1,3,5,7H2. The number of nitrogens with zero attached hydrogens (tertiary/aromatic N) is 2. The van der Waals surface area contributed by atoms with Gasteiger partial charge in [0.25, 0.3) is 0 Å². The molecule has 0 N–H and O–H groups in total.